The molecule has 1 aliphatic rings. The molecule has 1 amide bonds. The molecule has 23 heavy (non-hydrogen) atoms. The van der Waals surface area contributed by atoms with E-state index in [4.69, 9.17) is 14.7 Å². The Kier molecular flexibility index (Phi) is 6.60. The maximum atomic E-state index is 11.9. The van der Waals surface area contributed by atoms with Crippen LogP contribution in [0.3, 0.4) is 0 Å². The average molecular weight is 315 g/mol. The van der Waals surface area contributed by atoms with Gasteiger partial charge in [0.25, 0.3) is 5.91 Å². The van der Waals surface area contributed by atoms with Gasteiger partial charge in [0.1, 0.15) is 11.6 Å². The predicted octanol–water partition coefficient (Wildman–Crippen LogP) is 1.19. The van der Waals surface area contributed by atoms with E-state index in [2.05, 4.69) is 10.2 Å². The summed E-state index contributed by atoms with van der Waals surface area (Å²) in [4.78, 5) is 14.1. The fourth-order valence-electron chi connectivity index (χ4n) is 2.28. The first-order valence-electron chi connectivity index (χ1n) is 7.56. The number of morpholine rings is 1. The molecule has 1 heterocycles. The number of rotatable bonds is 6. The zero-order valence-electron chi connectivity index (χ0n) is 13.2. The van der Waals surface area contributed by atoms with Gasteiger partial charge in [-0.3, -0.25) is 4.79 Å². The molecule has 1 N–H and O–H groups in total. The molecule has 6 heteroatoms. The summed E-state index contributed by atoms with van der Waals surface area (Å²) in [5.41, 5.74) is 2.02. The van der Waals surface area contributed by atoms with Crippen molar-refractivity contribution in [3.8, 4) is 6.07 Å². The molecule has 0 aliphatic carbocycles. The summed E-state index contributed by atoms with van der Waals surface area (Å²) in [5, 5.41) is 11.8. The molecule has 2 rings (SSSR count). The highest BCUT2D eigenvalue weighted by molar-refractivity contribution is 6.01. The minimum atomic E-state index is -0.387. The third kappa shape index (κ3) is 5.09. The zero-order chi connectivity index (χ0) is 16.5. The van der Waals surface area contributed by atoms with Gasteiger partial charge in [0.05, 0.1) is 19.8 Å². The second-order valence-corrected chi connectivity index (χ2v) is 5.11. The van der Waals surface area contributed by atoms with Crippen LogP contribution < -0.4 is 10.2 Å². The lowest BCUT2D eigenvalue weighted by Gasteiger charge is -2.28. The van der Waals surface area contributed by atoms with Crippen LogP contribution in [0.2, 0.25) is 0 Å². The fourth-order valence-corrected chi connectivity index (χ4v) is 2.28. The van der Waals surface area contributed by atoms with Crippen LogP contribution in [0.1, 0.15) is 5.56 Å². The van der Waals surface area contributed by atoms with Gasteiger partial charge in [0, 0.05) is 32.4 Å². The quantitative estimate of drug-likeness (QED) is 0.485. The molecule has 0 spiro atoms. The van der Waals surface area contributed by atoms with Crippen molar-refractivity contribution in [2.24, 2.45) is 0 Å². The van der Waals surface area contributed by atoms with E-state index >= 15 is 0 Å². The number of anilines is 1. The van der Waals surface area contributed by atoms with Crippen LogP contribution in [0.25, 0.3) is 6.08 Å². The SMILES string of the molecule is COCCNC(=O)/C(C#N)=C/c1ccc(N2CCOCC2)cc1. The first kappa shape index (κ1) is 17.0. The molecule has 6 nitrogen and oxygen atoms in total. The van der Waals surface area contributed by atoms with E-state index in [0.717, 1.165) is 37.6 Å². The maximum Gasteiger partial charge on any atom is 0.262 e. The van der Waals surface area contributed by atoms with Crippen LogP contribution in [0.4, 0.5) is 5.69 Å². The molecule has 122 valence electrons. The van der Waals surface area contributed by atoms with Crippen LogP contribution >= 0.6 is 0 Å². The van der Waals surface area contributed by atoms with Crippen molar-refractivity contribution in [1.29, 1.82) is 5.26 Å². The standard InChI is InChI=1S/C17H21N3O3/c1-22-9-6-19-17(21)15(13-18)12-14-2-4-16(5-3-14)20-7-10-23-11-8-20/h2-5,12H,6-11H2,1H3,(H,19,21)/b15-12+. The number of nitriles is 1. The van der Waals surface area contributed by atoms with Crippen LogP contribution in [0.15, 0.2) is 29.8 Å². The van der Waals surface area contributed by atoms with E-state index in [1.807, 2.05) is 30.3 Å². The monoisotopic (exact) mass is 315 g/mol. The van der Waals surface area contributed by atoms with Crippen molar-refractivity contribution in [2.45, 2.75) is 0 Å². The largest absolute Gasteiger partial charge is 0.383 e. The van der Waals surface area contributed by atoms with Crippen LogP contribution in [0.5, 0.6) is 0 Å². The molecular weight excluding hydrogens is 294 g/mol. The van der Waals surface area contributed by atoms with E-state index < -0.39 is 0 Å². The molecule has 0 saturated carbocycles. The summed E-state index contributed by atoms with van der Waals surface area (Å²) < 4.78 is 10.2. The van der Waals surface area contributed by atoms with Crippen molar-refractivity contribution in [2.75, 3.05) is 51.5 Å². The molecule has 0 radical (unpaired) electrons. The fraction of sp³-hybridized carbons (Fsp3) is 0.412. The molecule has 1 fully saturated rings. The molecule has 1 aromatic rings. The van der Waals surface area contributed by atoms with Gasteiger partial charge >= 0.3 is 0 Å². The number of carbonyl (C=O) groups is 1. The van der Waals surface area contributed by atoms with Crippen molar-refractivity contribution in [3.63, 3.8) is 0 Å². The molecule has 0 bridgehead atoms. The van der Waals surface area contributed by atoms with Crippen molar-refractivity contribution in [3.05, 3.63) is 35.4 Å². The number of benzene rings is 1. The molecule has 1 saturated heterocycles. The molecule has 0 atom stereocenters. The first-order valence-corrected chi connectivity index (χ1v) is 7.56. The van der Waals surface area contributed by atoms with E-state index in [9.17, 15) is 4.79 Å². The van der Waals surface area contributed by atoms with Gasteiger partial charge in [-0.05, 0) is 23.8 Å². The Labute approximate surface area is 136 Å². The smallest absolute Gasteiger partial charge is 0.262 e. The Hall–Kier alpha value is -2.36. The topological polar surface area (TPSA) is 74.6 Å². The molecule has 1 aromatic carbocycles. The minimum Gasteiger partial charge on any atom is -0.383 e. The van der Waals surface area contributed by atoms with Crippen LogP contribution in [-0.2, 0) is 14.3 Å². The number of nitrogens with one attached hydrogen (secondary N) is 1. The van der Waals surface area contributed by atoms with Gasteiger partial charge in [0.15, 0.2) is 0 Å². The second kappa shape index (κ2) is 8.93. The van der Waals surface area contributed by atoms with Gasteiger partial charge < -0.3 is 19.7 Å². The van der Waals surface area contributed by atoms with E-state index in [0.29, 0.717) is 13.2 Å². The van der Waals surface area contributed by atoms with Gasteiger partial charge in [-0.15, -0.1) is 0 Å². The summed E-state index contributed by atoms with van der Waals surface area (Å²) in [7, 11) is 1.56. The number of ether oxygens (including phenoxy) is 2. The van der Waals surface area contributed by atoms with Crippen molar-refractivity contribution >= 4 is 17.7 Å². The Morgan fingerprint density at radius 1 is 1.39 bits per heavy atom. The minimum absolute atomic E-state index is 0.0835. The Bertz CT molecular complexity index is 584. The van der Waals surface area contributed by atoms with E-state index in [-0.39, 0.29) is 11.5 Å². The zero-order valence-corrected chi connectivity index (χ0v) is 13.2. The third-order valence-corrected chi connectivity index (χ3v) is 3.54. The number of methoxy groups -OCH3 is 1. The lowest BCUT2D eigenvalue weighted by molar-refractivity contribution is -0.117. The van der Waals surface area contributed by atoms with Crippen molar-refractivity contribution < 1.29 is 14.3 Å². The highest BCUT2D eigenvalue weighted by atomic mass is 16.5. The lowest BCUT2D eigenvalue weighted by atomic mass is 10.1. The lowest BCUT2D eigenvalue weighted by Crippen LogP contribution is -2.36. The number of nitrogens with zero attached hydrogens (tertiary/aromatic N) is 2. The van der Waals surface area contributed by atoms with Crippen LogP contribution in [-0.4, -0.2) is 52.5 Å². The highest BCUT2D eigenvalue weighted by Gasteiger charge is 2.11. The molecular formula is C17H21N3O3. The Balaban J connectivity index is 2.02. The summed E-state index contributed by atoms with van der Waals surface area (Å²) in [6, 6.07) is 9.74. The summed E-state index contributed by atoms with van der Waals surface area (Å²) in [6.45, 7) is 4.02. The highest BCUT2D eigenvalue weighted by Crippen LogP contribution is 2.18. The Morgan fingerprint density at radius 2 is 2.09 bits per heavy atom. The first-order chi connectivity index (χ1) is 11.2. The number of hydrogen-bond donors (Lipinski definition) is 1. The summed E-state index contributed by atoms with van der Waals surface area (Å²) in [5.74, 6) is -0.387. The van der Waals surface area contributed by atoms with E-state index in [1.54, 1.807) is 13.2 Å². The van der Waals surface area contributed by atoms with Gasteiger partial charge in [-0.1, -0.05) is 12.1 Å². The number of carbonyl (C=O) groups excluding carboxylic acids is 1. The third-order valence-electron chi connectivity index (χ3n) is 3.54. The van der Waals surface area contributed by atoms with Gasteiger partial charge in [0.2, 0.25) is 0 Å². The molecule has 0 aromatic heterocycles. The van der Waals surface area contributed by atoms with Gasteiger partial charge in [-0.25, -0.2) is 0 Å². The number of amides is 1. The van der Waals surface area contributed by atoms with Crippen LogP contribution in [0, 0.1) is 11.3 Å². The maximum absolute atomic E-state index is 11.9. The normalized spacial score (nSPS) is 15.1. The average Bonchev–Trinajstić information content (AvgIpc) is 2.61. The summed E-state index contributed by atoms with van der Waals surface area (Å²) in [6.07, 6.45) is 1.59. The molecule has 0 unspecified atom stereocenters. The molecule has 1 aliphatic heterocycles. The summed E-state index contributed by atoms with van der Waals surface area (Å²) >= 11 is 0. The number of hydrogen-bond acceptors (Lipinski definition) is 5. The van der Waals surface area contributed by atoms with Crippen molar-refractivity contribution in [1.82, 2.24) is 5.32 Å². The van der Waals surface area contributed by atoms with Gasteiger partial charge in [-0.2, -0.15) is 5.26 Å². The predicted molar refractivity (Wildman–Crippen MR) is 87.9 cm³/mol. The van der Waals surface area contributed by atoms with E-state index in [1.165, 1.54) is 0 Å². The second-order valence-electron chi connectivity index (χ2n) is 5.11. The Morgan fingerprint density at radius 3 is 2.70 bits per heavy atom.